The molecular formula is C33H62N4O4. The number of likely N-dealkylation sites (N-methyl/N-ethyl adjacent to an activating group) is 1. The van der Waals surface area contributed by atoms with E-state index in [-0.39, 0.29) is 18.4 Å². The molecule has 0 fully saturated rings. The van der Waals surface area contributed by atoms with Crippen molar-refractivity contribution in [2.45, 2.75) is 142 Å². The molecule has 0 saturated carbocycles. The normalized spacial score (nSPS) is 11.2. The largest absolute Gasteiger partial charge is 0.444 e. The Hall–Kier alpha value is -2.27. The van der Waals surface area contributed by atoms with Crippen LogP contribution >= 0.6 is 0 Å². The maximum atomic E-state index is 12.1. The predicted octanol–water partition coefficient (Wildman–Crippen LogP) is 6.33. The average molecular weight is 579 g/mol. The first kappa shape index (κ1) is 38.7. The van der Waals surface area contributed by atoms with E-state index < -0.39 is 11.7 Å². The van der Waals surface area contributed by atoms with Gasteiger partial charge in [0.2, 0.25) is 11.8 Å². The Labute approximate surface area is 251 Å². The molecule has 8 nitrogen and oxygen atoms in total. The van der Waals surface area contributed by atoms with Crippen molar-refractivity contribution < 1.29 is 19.1 Å². The molecule has 0 bridgehead atoms. The molecule has 3 amide bonds. The molecule has 0 rings (SSSR count). The van der Waals surface area contributed by atoms with E-state index in [0.29, 0.717) is 26.1 Å². The minimum atomic E-state index is -0.543. The molecule has 0 aliphatic carbocycles. The molecule has 0 aromatic heterocycles. The number of terminal acetylenes is 1. The van der Waals surface area contributed by atoms with Crippen LogP contribution in [0.4, 0.5) is 4.79 Å². The molecule has 0 radical (unpaired) electrons. The van der Waals surface area contributed by atoms with Crippen molar-refractivity contribution >= 4 is 17.9 Å². The summed E-state index contributed by atoms with van der Waals surface area (Å²) < 4.78 is 5.15. The Bertz CT molecular complexity index is 715. The molecule has 0 aromatic carbocycles. The van der Waals surface area contributed by atoms with Crippen molar-refractivity contribution in [3.8, 4) is 12.3 Å². The van der Waals surface area contributed by atoms with Crippen LogP contribution in [-0.2, 0) is 14.3 Å². The summed E-state index contributed by atoms with van der Waals surface area (Å²) >= 11 is 0. The first-order valence-corrected chi connectivity index (χ1v) is 16.3. The lowest BCUT2D eigenvalue weighted by Gasteiger charge is -2.20. The van der Waals surface area contributed by atoms with Crippen LogP contribution in [0.25, 0.3) is 0 Å². The molecule has 0 aromatic rings. The van der Waals surface area contributed by atoms with Gasteiger partial charge in [-0.1, -0.05) is 83.5 Å². The predicted molar refractivity (Wildman–Crippen MR) is 170 cm³/mol. The molecule has 0 spiro atoms. The van der Waals surface area contributed by atoms with E-state index in [1.807, 2.05) is 11.9 Å². The van der Waals surface area contributed by atoms with E-state index in [1.54, 1.807) is 20.8 Å². The first-order chi connectivity index (χ1) is 19.6. The van der Waals surface area contributed by atoms with E-state index in [9.17, 15) is 14.4 Å². The van der Waals surface area contributed by atoms with Crippen molar-refractivity contribution in [2.75, 3.05) is 39.8 Å². The number of hydrogen-bond donors (Lipinski definition) is 3. The molecule has 0 aliphatic heterocycles. The highest BCUT2D eigenvalue weighted by molar-refractivity contribution is 5.78. The fourth-order valence-corrected chi connectivity index (χ4v) is 4.54. The van der Waals surface area contributed by atoms with Gasteiger partial charge < -0.3 is 20.7 Å². The highest BCUT2D eigenvalue weighted by Crippen LogP contribution is 2.14. The lowest BCUT2D eigenvalue weighted by Crippen LogP contribution is -2.41. The van der Waals surface area contributed by atoms with Crippen molar-refractivity contribution in [1.82, 2.24) is 20.9 Å². The third-order valence-electron chi connectivity index (χ3n) is 6.79. The first-order valence-electron chi connectivity index (χ1n) is 16.3. The molecule has 238 valence electrons. The summed E-state index contributed by atoms with van der Waals surface area (Å²) in [6.07, 6.45) is 26.4. The number of unbranched alkanes of at least 4 members (excludes halogenated alkanes) is 15. The van der Waals surface area contributed by atoms with Crippen LogP contribution < -0.4 is 16.0 Å². The topological polar surface area (TPSA) is 99.8 Å². The molecule has 0 unspecified atom stereocenters. The maximum absolute atomic E-state index is 12.1. The Kier molecular flexibility index (Phi) is 25.1. The summed E-state index contributed by atoms with van der Waals surface area (Å²) in [5.74, 6) is 2.73. The average Bonchev–Trinajstić information content (AvgIpc) is 2.90. The van der Waals surface area contributed by atoms with Crippen LogP contribution in [0.1, 0.15) is 136 Å². The molecule has 0 saturated heterocycles. The lowest BCUT2D eigenvalue weighted by atomic mass is 10.0. The summed E-state index contributed by atoms with van der Waals surface area (Å²) in [7, 11) is 1.88. The van der Waals surface area contributed by atoms with E-state index in [1.165, 1.54) is 83.5 Å². The van der Waals surface area contributed by atoms with Crippen LogP contribution in [0.15, 0.2) is 0 Å². The summed E-state index contributed by atoms with van der Waals surface area (Å²) in [6.45, 7) is 7.68. The van der Waals surface area contributed by atoms with E-state index in [4.69, 9.17) is 11.2 Å². The van der Waals surface area contributed by atoms with Gasteiger partial charge in [0, 0.05) is 39.0 Å². The number of rotatable bonds is 26. The second-order valence-corrected chi connectivity index (χ2v) is 12.2. The SMILES string of the molecule is C#CCCCCCCCCCCCCCCCCCC(=O)NCCCN(C)CC(=O)NCCNC(=O)OC(C)(C)C. The van der Waals surface area contributed by atoms with Crippen LogP contribution in [-0.4, -0.2) is 68.2 Å². The molecule has 0 atom stereocenters. The van der Waals surface area contributed by atoms with Gasteiger partial charge >= 0.3 is 6.09 Å². The number of ether oxygens (including phenoxy) is 1. The van der Waals surface area contributed by atoms with Gasteiger partial charge in [0.25, 0.3) is 0 Å². The summed E-state index contributed by atoms with van der Waals surface area (Å²) in [4.78, 5) is 37.6. The highest BCUT2D eigenvalue weighted by atomic mass is 16.6. The van der Waals surface area contributed by atoms with Gasteiger partial charge in [-0.2, -0.15) is 0 Å². The Morgan fingerprint density at radius 1 is 0.659 bits per heavy atom. The van der Waals surface area contributed by atoms with Crippen molar-refractivity contribution in [3.63, 3.8) is 0 Å². The van der Waals surface area contributed by atoms with Gasteiger partial charge in [0.15, 0.2) is 0 Å². The van der Waals surface area contributed by atoms with Gasteiger partial charge in [0.1, 0.15) is 5.60 Å². The van der Waals surface area contributed by atoms with Crippen LogP contribution in [0, 0.1) is 12.3 Å². The number of hydrogen-bond acceptors (Lipinski definition) is 5. The fraction of sp³-hybridized carbons (Fsp3) is 0.848. The molecule has 41 heavy (non-hydrogen) atoms. The van der Waals surface area contributed by atoms with Crippen molar-refractivity contribution in [1.29, 1.82) is 0 Å². The third kappa shape index (κ3) is 30.5. The van der Waals surface area contributed by atoms with Gasteiger partial charge in [-0.3, -0.25) is 14.5 Å². The Morgan fingerprint density at radius 2 is 1.12 bits per heavy atom. The van der Waals surface area contributed by atoms with Crippen molar-refractivity contribution in [3.05, 3.63) is 0 Å². The Morgan fingerprint density at radius 3 is 1.63 bits per heavy atom. The summed E-state index contributed by atoms with van der Waals surface area (Å²) in [6, 6.07) is 0. The number of alkyl carbamates (subject to hydrolysis) is 1. The van der Waals surface area contributed by atoms with E-state index >= 15 is 0 Å². The zero-order valence-corrected chi connectivity index (χ0v) is 26.9. The minimum absolute atomic E-state index is 0.100. The van der Waals surface area contributed by atoms with Crippen LogP contribution in [0.5, 0.6) is 0 Å². The number of nitrogens with zero attached hydrogens (tertiary/aromatic N) is 1. The van der Waals surface area contributed by atoms with Gasteiger partial charge in [-0.05, 0) is 47.1 Å². The van der Waals surface area contributed by atoms with Gasteiger partial charge in [0.05, 0.1) is 6.54 Å². The Balaban J connectivity index is 3.45. The van der Waals surface area contributed by atoms with Crippen molar-refractivity contribution in [2.24, 2.45) is 0 Å². The second kappa shape index (κ2) is 26.6. The second-order valence-electron chi connectivity index (χ2n) is 12.2. The maximum Gasteiger partial charge on any atom is 0.407 e. The minimum Gasteiger partial charge on any atom is -0.444 e. The van der Waals surface area contributed by atoms with Crippen LogP contribution in [0.2, 0.25) is 0 Å². The molecule has 0 aliphatic rings. The smallest absolute Gasteiger partial charge is 0.407 e. The lowest BCUT2D eigenvalue weighted by molar-refractivity contribution is -0.122. The zero-order chi connectivity index (χ0) is 30.6. The number of carbonyl (C=O) groups excluding carboxylic acids is 3. The zero-order valence-electron chi connectivity index (χ0n) is 26.9. The monoisotopic (exact) mass is 578 g/mol. The molecule has 8 heteroatoms. The number of carbonyl (C=O) groups is 3. The standard InChI is InChI=1S/C33H62N4O4/c1-6-7-8-9-10-11-12-13-14-15-16-17-18-19-20-21-22-24-30(38)34-25-23-28-37(5)29-31(39)35-26-27-36-32(40)41-33(2,3)4/h1H,7-29H2,2-5H3,(H,34,38)(H,35,39)(H,36,40). The molecule has 3 N–H and O–H groups in total. The third-order valence-corrected chi connectivity index (χ3v) is 6.79. The van der Waals surface area contributed by atoms with Crippen LogP contribution in [0.3, 0.4) is 0 Å². The van der Waals surface area contributed by atoms with Gasteiger partial charge in [-0.25, -0.2) is 4.79 Å². The highest BCUT2D eigenvalue weighted by Gasteiger charge is 2.15. The van der Waals surface area contributed by atoms with E-state index in [2.05, 4.69) is 21.9 Å². The summed E-state index contributed by atoms with van der Waals surface area (Å²) in [5.41, 5.74) is -0.543. The molecule has 0 heterocycles. The fourth-order valence-electron chi connectivity index (χ4n) is 4.54. The molecular weight excluding hydrogens is 516 g/mol. The van der Waals surface area contributed by atoms with Gasteiger partial charge in [-0.15, -0.1) is 12.3 Å². The number of amides is 3. The summed E-state index contributed by atoms with van der Waals surface area (Å²) in [5, 5.41) is 8.38. The van der Waals surface area contributed by atoms with E-state index in [0.717, 1.165) is 32.2 Å². The number of nitrogens with one attached hydrogen (secondary N) is 3. The quantitative estimate of drug-likeness (QED) is 0.0823.